The van der Waals surface area contributed by atoms with Gasteiger partial charge in [0.25, 0.3) is 0 Å². The third-order valence-corrected chi connectivity index (χ3v) is 4.86. The van der Waals surface area contributed by atoms with Crippen LogP contribution in [-0.4, -0.2) is 34.2 Å². The Hall–Kier alpha value is -2.74. The molecule has 2 N–H and O–H groups in total. The Balaban J connectivity index is 2.23. The zero-order valence-electron chi connectivity index (χ0n) is 13.6. The van der Waals surface area contributed by atoms with Gasteiger partial charge in [0.05, 0.1) is 34.5 Å². The summed E-state index contributed by atoms with van der Waals surface area (Å²) in [4.78, 5) is 13.0. The van der Waals surface area contributed by atoms with Gasteiger partial charge in [0.1, 0.15) is 0 Å². The third-order valence-electron chi connectivity index (χ3n) is 3.74. The van der Waals surface area contributed by atoms with Crippen LogP contribution in [0.3, 0.4) is 0 Å². The van der Waals surface area contributed by atoms with Gasteiger partial charge in [-0.25, -0.2) is 23.4 Å². The van der Waals surface area contributed by atoms with Crippen LogP contribution < -0.4 is 5.73 Å². The van der Waals surface area contributed by atoms with Crippen LogP contribution in [0.1, 0.15) is 5.69 Å². The summed E-state index contributed by atoms with van der Waals surface area (Å²) in [5, 5.41) is 0. The van der Waals surface area contributed by atoms with Crippen molar-refractivity contribution < 1.29 is 8.42 Å². The molecule has 0 saturated heterocycles. The van der Waals surface area contributed by atoms with E-state index in [4.69, 9.17) is 5.73 Å². The summed E-state index contributed by atoms with van der Waals surface area (Å²) in [5.74, 6) is 0.167. The summed E-state index contributed by atoms with van der Waals surface area (Å²) in [7, 11) is -1.37. The lowest BCUT2D eigenvalue weighted by atomic mass is 10.0. The van der Waals surface area contributed by atoms with E-state index in [9.17, 15) is 8.42 Å². The second kappa shape index (κ2) is 5.72. The van der Waals surface area contributed by atoms with Crippen LogP contribution in [0.25, 0.3) is 22.5 Å². The molecule has 24 heavy (non-hydrogen) atoms. The highest BCUT2D eigenvalue weighted by molar-refractivity contribution is 7.90. The molecule has 3 rings (SSSR count). The molecule has 8 heteroatoms. The molecule has 0 bridgehead atoms. The maximum absolute atomic E-state index is 11.6. The number of nitrogens with zero attached hydrogens (tertiary/aromatic N) is 4. The zero-order valence-corrected chi connectivity index (χ0v) is 14.4. The number of rotatable bonds is 3. The lowest BCUT2D eigenvalue weighted by molar-refractivity contribution is 0.602. The molecule has 124 valence electrons. The maximum Gasteiger partial charge on any atom is 0.220 e. The Morgan fingerprint density at radius 3 is 2.33 bits per heavy atom. The zero-order chi connectivity index (χ0) is 17.5. The number of hydrogen-bond acceptors (Lipinski definition) is 6. The van der Waals surface area contributed by atoms with Crippen molar-refractivity contribution >= 4 is 15.8 Å². The number of aryl methyl sites for hydroxylation is 2. The monoisotopic (exact) mass is 343 g/mol. The highest BCUT2D eigenvalue weighted by Gasteiger charge is 2.17. The first kappa shape index (κ1) is 16.1. The van der Waals surface area contributed by atoms with E-state index in [0.717, 1.165) is 22.5 Å². The van der Waals surface area contributed by atoms with Gasteiger partial charge in [0.2, 0.25) is 5.95 Å². The number of imidazole rings is 1. The van der Waals surface area contributed by atoms with Gasteiger partial charge in [-0.05, 0) is 19.1 Å². The van der Waals surface area contributed by atoms with E-state index < -0.39 is 9.84 Å². The Kier molecular flexibility index (Phi) is 3.84. The molecule has 0 aliphatic carbocycles. The smallest absolute Gasteiger partial charge is 0.220 e. The molecule has 0 amide bonds. The SMILES string of the molecule is Cc1nc(N)nc(-c2ccc(S(C)(=O)=O)cc2)c1-c1cncn1C. The third kappa shape index (κ3) is 2.88. The highest BCUT2D eigenvalue weighted by Crippen LogP contribution is 2.33. The lowest BCUT2D eigenvalue weighted by Gasteiger charge is -2.13. The lowest BCUT2D eigenvalue weighted by Crippen LogP contribution is -2.04. The molecule has 0 aliphatic rings. The van der Waals surface area contributed by atoms with Crippen LogP contribution in [0.2, 0.25) is 0 Å². The van der Waals surface area contributed by atoms with Crippen molar-refractivity contribution in [1.82, 2.24) is 19.5 Å². The molecule has 1 aromatic carbocycles. The van der Waals surface area contributed by atoms with E-state index >= 15 is 0 Å². The molecule has 0 radical (unpaired) electrons. The highest BCUT2D eigenvalue weighted by atomic mass is 32.2. The fraction of sp³-hybridized carbons (Fsp3) is 0.188. The molecule has 0 saturated carbocycles. The van der Waals surface area contributed by atoms with E-state index in [-0.39, 0.29) is 10.8 Å². The number of benzene rings is 1. The van der Waals surface area contributed by atoms with Crippen molar-refractivity contribution in [1.29, 1.82) is 0 Å². The van der Waals surface area contributed by atoms with Crippen LogP contribution in [0, 0.1) is 6.92 Å². The normalized spacial score (nSPS) is 11.6. The van der Waals surface area contributed by atoms with Crippen molar-refractivity contribution in [2.24, 2.45) is 7.05 Å². The van der Waals surface area contributed by atoms with Crippen molar-refractivity contribution in [3.63, 3.8) is 0 Å². The van der Waals surface area contributed by atoms with Crippen LogP contribution in [0.15, 0.2) is 41.7 Å². The summed E-state index contributed by atoms with van der Waals surface area (Å²) >= 11 is 0. The Morgan fingerprint density at radius 1 is 1.12 bits per heavy atom. The van der Waals surface area contributed by atoms with Crippen molar-refractivity contribution in [2.75, 3.05) is 12.0 Å². The topological polar surface area (TPSA) is 104 Å². The largest absolute Gasteiger partial charge is 0.368 e. The van der Waals surface area contributed by atoms with Gasteiger partial charge in [-0.15, -0.1) is 0 Å². The Bertz CT molecular complexity index is 1010. The van der Waals surface area contributed by atoms with Crippen molar-refractivity contribution in [3.05, 3.63) is 42.5 Å². The fourth-order valence-corrected chi connectivity index (χ4v) is 3.20. The van der Waals surface area contributed by atoms with E-state index in [1.165, 1.54) is 6.26 Å². The molecule has 0 unspecified atom stereocenters. The van der Waals surface area contributed by atoms with Crippen molar-refractivity contribution in [2.45, 2.75) is 11.8 Å². The van der Waals surface area contributed by atoms with Gasteiger partial charge in [0.15, 0.2) is 9.84 Å². The average Bonchev–Trinajstić information content (AvgIpc) is 2.91. The maximum atomic E-state index is 11.6. The predicted octanol–water partition coefficient (Wildman–Crippen LogP) is 1.84. The number of nitrogens with two attached hydrogens (primary N) is 1. The fourth-order valence-electron chi connectivity index (χ4n) is 2.57. The van der Waals surface area contributed by atoms with E-state index in [2.05, 4.69) is 15.0 Å². The van der Waals surface area contributed by atoms with Crippen LogP contribution in [0.4, 0.5) is 5.95 Å². The van der Waals surface area contributed by atoms with Crippen LogP contribution in [-0.2, 0) is 16.9 Å². The van der Waals surface area contributed by atoms with E-state index in [1.54, 1.807) is 36.8 Å². The average molecular weight is 343 g/mol. The first-order valence-corrected chi connectivity index (χ1v) is 9.08. The van der Waals surface area contributed by atoms with Gasteiger partial charge in [-0.3, -0.25) is 0 Å². The van der Waals surface area contributed by atoms with E-state index in [0.29, 0.717) is 5.69 Å². The van der Waals surface area contributed by atoms with Crippen molar-refractivity contribution in [3.8, 4) is 22.5 Å². The van der Waals surface area contributed by atoms with E-state index in [1.807, 2.05) is 18.5 Å². The standard InChI is InChI=1S/C16H17N5O2S/c1-10-14(13-8-18-9-21(13)2)15(20-16(17)19-10)11-4-6-12(7-5-11)24(3,22)23/h4-9H,1-3H3,(H2,17,19,20). The first-order valence-electron chi connectivity index (χ1n) is 7.18. The number of hydrogen-bond donors (Lipinski definition) is 1. The van der Waals surface area contributed by atoms with Gasteiger partial charge in [0, 0.05) is 24.4 Å². The molecule has 2 aromatic heterocycles. The number of anilines is 1. The molecule has 0 aliphatic heterocycles. The second-order valence-electron chi connectivity index (χ2n) is 5.58. The van der Waals surface area contributed by atoms with Crippen LogP contribution in [0.5, 0.6) is 0 Å². The molecule has 7 nitrogen and oxygen atoms in total. The Morgan fingerprint density at radius 2 is 1.79 bits per heavy atom. The molecule has 0 spiro atoms. The second-order valence-corrected chi connectivity index (χ2v) is 7.59. The molecule has 0 atom stereocenters. The van der Waals surface area contributed by atoms with Gasteiger partial charge in [-0.2, -0.15) is 0 Å². The molecular weight excluding hydrogens is 326 g/mol. The summed E-state index contributed by atoms with van der Waals surface area (Å²) in [6.07, 6.45) is 4.60. The summed E-state index contributed by atoms with van der Waals surface area (Å²) in [6, 6.07) is 6.56. The first-order chi connectivity index (χ1) is 11.3. The van der Waals surface area contributed by atoms with Gasteiger partial charge in [-0.1, -0.05) is 12.1 Å². The number of sulfone groups is 1. The van der Waals surface area contributed by atoms with Gasteiger partial charge >= 0.3 is 0 Å². The summed E-state index contributed by atoms with van der Waals surface area (Å²) < 4.78 is 25.1. The number of aromatic nitrogens is 4. The molecule has 0 fully saturated rings. The minimum Gasteiger partial charge on any atom is -0.368 e. The molecular formula is C16H17N5O2S. The van der Waals surface area contributed by atoms with Crippen LogP contribution >= 0.6 is 0 Å². The summed E-state index contributed by atoms with van der Waals surface area (Å²) in [6.45, 7) is 1.86. The molecule has 3 aromatic rings. The summed E-state index contributed by atoms with van der Waals surface area (Å²) in [5.41, 5.74) is 9.62. The molecule has 2 heterocycles. The predicted molar refractivity (Wildman–Crippen MR) is 91.9 cm³/mol. The number of nitrogen functional groups attached to an aromatic ring is 1. The van der Waals surface area contributed by atoms with Gasteiger partial charge < -0.3 is 10.3 Å². The Labute approximate surface area is 140 Å². The minimum absolute atomic E-state index is 0.167. The quantitative estimate of drug-likeness (QED) is 0.778. The minimum atomic E-state index is -3.25.